The molecular weight excluding hydrogens is 264 g/mol. The molecule has 0 aromatic rings. The Balaban J connectivity index is 3.14. The van der Waals surface area contributed by atoms with E-state index in [-0.39, 0.29) is 6.10 Å². The first-order valence-electron chi connectivity index (χ1n) is 9.06. The summed E-state index contributed by atoms with van der Waals surface area (Å²) in [4.78, 5) is 10.3. The van der Waals surface area contributed by atoms with E-state index < -0.39 is 5.97 Å². The Kier molecular flexibility index (Phi) is 15.4. The van der Waals surface area contributed by atoms with Crippen LogP contribution in [0.1, 0.15) is 103 Å². The second-order valence-corrected chi connectivity index (χ2v) is 6.26. The van der Waals surface area contributed by atoms with Gasteiger partial charge in [-0.05, 0) is 19.3 Å². The van der Waals surface area contributed by atoms with Gasteiger partial charge in [0.05, 0.1) is 6.10 Å². The minimum absolute atomic E-state index is 0.0952. The molecule has 2 N–H and O–H groups in total. The van der Waals surface area contributed by atoms with Gasteiger partial charge in [0.1, 0.15) is 0 Å². The van der Waals surface area contributed by atoms with Gasteiger partial charge in [0.2, 0.25) is 0 Å². The normalized spacial score (nSPS) is 12.5. The molecule has 21 heavy (non-hydrogen) atoms. The first-order chi connectivity index (χ1) is 10.2. The fraction of sp³-hybridized carbons (Fsp3) is 0.944. The summed E-state index contributed by atoms with van der Waals surface area (Å²) in [6.45, 7) is 2.22. The Morgan fingerprint density at radius 1 is 0.762 bits per heavy atom. The van der Waals surface area contributed by atoms with Gasteiger partial charge in [0.25, 0.3) is 0 Å². The van der Waals surface area contributed by atoms with Crippen LogP contribution in [0.3, 0.4) is 0 Å². The van der Waals surface area contributed by atoms with E-state index in [9.17, 15) is 9.90 Å². The SMILES string of the molecule is CCCCCCCC(O)CCCCCCCCCC(=O)O. The summed E-state index contributed by atoms with van der Waals surface area (Å²) in [5.74, 6) is -0.682. The van der Waals surface area contributed by atoms with Crippen molar-refractivity contribution < 1.29 is 15.0 Å². The van der Waals surface area contributed by atoms with Gasteiger partial charge in [-0.3, -0.25) is 4.79 Å². The Labute approximate surface area is 131 Å². The smallest absolute Gasteiger partial charge is 0.303 e. The topological polar surface area (TPSA) is 57.5 Å². The van der Waals surface area contributed by atoms with E-state index in [4.69, 9.17) is 5.11 Å². The molecule has 0 saturated carbocycles. The van der Waals surface area contributed by atoms with Crippen molar-refractivity contribution in [3.05, 3.63) is 0 Å². The van der Waals surface area contributed by atoms with Gasteiger partial charge in [-0.15, -0.1) is 0 Å². The van der Waals surface area contributed by atoms with Crippen molar-refractivity contribution in [1.82, 2.24) is 0 Å². The Morgan fingerprint density at radius 2 is 1.19 bits per heavy atom. The van der Waals surface area contributed by atoms with Crippen LogP contribution >= 0.6 is 0 Å². The number of carboxylic acids is 1. The van der Waals surface area contributed by atoms with E-state index in [1.807, 2.05) is 0 Å². The van der Waals surface area contributed by atoms with E-state index >= 15 is 0 Å². The average Bonchev–Trinajstić information content (AvgIpc) is 2.45. The number of hydrogen-bond acceptors (Lipinski definition) is 2. The Hall–Kier alpha value is -0.570. The van der Waals surface area contributed by atoms with Crippen molar-refractivity contribution in [2.75, 3.05) is 0 Å². The lowest BCUT2D eigenvalue weighted by atomic mass is 10.0. The number of aliphatic hydroxyl groups is 1. The number of carboxylic acid groups (broad SMARTS) is 1. The highest BCUT2D eigenvalue weighted by Gasteiger charge is 2.03. The van der Waals surface area contributed by atoms with Crippen LogP contribution in [0.5, 0.6) is 0 Å². The van der Waals surface area contributed by atoms with E-state index in [2.05, 4.69) is 6.92 Å². The highest BCUT2D eigenvalue weighted by Crippen LogP contribution is 2.14. The number of carbonyl (C=O) groups is 1. The van der Waals surface area contributed by atoms with Gasteiger partial charge >= 0.3 is 5.97 Å². The Bertz CT molecular complexity index is 229. The number of rotatable bonds is 16. The molecule has 0 amide bonds. The van der Waals surface area contributed by atoms with Gasteiger partial charge in [0, 0.05) is 6.42 Å². The predicted octanol–water partition coefficient (Wildman–Crippen LogP) is 5.30. The molecule has 0 heterocycles. The average molecular weight is 300 g/mol. The van der Waals surface area contributed by atoms with E-state index in [0.29, 0.717) is 6.42 Å². The molecule has 3 heteroatoms. The number of unbranched alkanes of at least 4 members (excludes halogenated alkanes) is 10. The van der Waals surface area contributed by atoms with Crippen LogP contribution in [0.25, 0.3) is 0 Å². The van der Waals surface area contributed by atoms with Crippen molar-refractivity contribution in [1.29, 1.82) is 0 Å². The zero-order valence-corrected chi connectivity index (χ0v) is 14.0. The lowest BCUT2D eigenvalue weighted by molar-refractivity contribution is -0.137. The number of aliphatic carboxylic acids is 1. The van der Waals surface area contributed by atoms with Crippen LogP contribution in [0, 0.1) is 0 Å². The number of aliphatic hydroxyl groups excluding tert-OH is 1. The number of hydrogen-bond donors (Lipinski definition) is 2. The summed E-state index contributed by atoms with van der Waals surface area (Å²) >= 11 is 0. The van der Waals surface area contributed by atoms with Gasteiger partial charge in [-0.1, -0.05) is 77.6 Å². The van der Waals surface area contributed by atoms with Crippen molar-refractivity contribution in [2.45, 2.75) is 109 Å². The second kappa shape index (κ2) is 15.8. The van der Waals surface area contributed by atoms with Crippen molar-refractivity contribution in [2.24, 2.45) is 0 Å². The molecule has 0 aliphatic carbocycles. The predicted molar refractivity (Wildman–Crippen MR) is 88.6 cm³/mol. The van der Waals surface area contributed by atoms with Crippen molar-refractivity contribution in [3.8, 4) is 0 Å². The van der Waals surface area contributed by atoms with Crippen molar-refractivity contribution >= 4 is 5.97 Å². The lowest BCUT2D eigenvalue weighted by Crippen LogP contribution is -2.05. The van der Waals surface area contributed by atoms with Crippen LogP contribution in [0.2, 0.25) is 0 Å². The molecule has 0 aromatic heterocycles. The standard InChI is InChI=1S/C18H36O3/c1-2-3-4-8-11-14-17(19)15-12-9-6-5-7-10-13-16-18(20)21/h17,19H,2-16H2,1H3,(H,20,21). The van der Waals surface area contributed by atoms with E-state index in [0.717, 1.165) is 38.5 Å². The molecule has 0 aliphatic heterocycles. The maximum atomic E-state index is 10.3. The minimum atomic E-state index is -0.682. The highest BCUT2D eigenvalue weighted by atomic mass is 16.4. The van der Waals surface area contributed by atoms with Gasteiger partial charge < -0.3 is 10.2 Å². The third kappa shape index (κ3) is 17.4. The fourth-order valence-electron chi connectivity index (χ4n) is 2.67. The largest absolute Gasteiger partial charge is 0.481 e. The second-order valence-electron chi connectivity index (χ2n) is 6.26. The summed E-state index contributed by atoms with van der Waals surface area (Å²) < 4.78 is 0. The molecule has 0 saturated heterocycles. The molecule has 0 aliphatic rings. The highest BCUT2D eigenvalue weighted by molar-refractivity contribution is 5.66. The van der Waals surface area contributed by atoms with Crippen LogP contribution in [-0.2, 0) is 4.79 Å². The van der Waals surface area contributed by atoms with Crippen LogP contribution < -0.4 is 0 Å². The zero-order valence-electron chi connectivity index (χ0n) is 14.0. The summed E-state index contributed by atoms with van der Waals surface area (Å²) in [7, 11) is 0. The summed E-state index contributed by atoms with van der Waals surface area (Å²) in [6, 6.07) is 0. The first kappa shape index (κ1) is 20.4. The molecule has 0 bridgehead atoms. The van der Waals surface area contributed by atoms with Crippen LogP contribution in [-0.4, -0.2) is 22.3 Å². The summed E-state index contributed by atoms with van der Waals surface area (Å²) in [5, 5.41) is 18.4. The maximum Gasteiger partial charge on any atom is 0.303 e. The molecule has 0 fully saturated rings. The summed E-state index contributed by atoms with van der Waals surface area (Å²) in [6.07, 6.45) is 16.2. The molecular formula is C18H36O3. The van der Waals surface area contributed by atoms with Crippen molar-refractivity contribution in [3.63, 3.8) is 0 Å². The minimum Gasteiger partial charge on any atom is -0.481 e. The zero-order chi connectivity index (χ0) is 15.8. The fourth-order valence-corrected chi connectivity index (χ4v) is 2.67. The first-order valence-corrected chi connectivity index (χ1v) is 9.06. The lowest BCUT2D eigenvalue weighted by Gasteiger charge is -2.10. The monoisotopic (exact) mass is 300 g/mol. The third-order valence-electron chi connectivity index (χ3n) is 4.07. The van der Waals surface area contributed by atoms with Gasteiger partial charge in [0.15, 0.2) is 0 Å². The maximum absolute atomic E-state index is 10.3. The summed E-state index contributed by atoms with van der Waals surface area (Å²) in [5.41, 5.74) is 0. The molecule has 0 spiro atoms. The molecule has 0 rings (SSSR count). The molecule has 126 valence electrons. The molecule has 0 radical (unpaired) electrons. The van der Waals surface area contributed by atoms with Gasteiger partial charge in [-0.2, -0.15) is 0 Å². The van der Waals surface area contributed by atoms with Crippen LogP contribution in [0.15, 0.2) is 0 Å². The molecule has 1 unspecified atom stereocenters. The molecule has 1 atom stereocenters. The third-order valence-corrected chi connectivity index (χ3v) is 4.07. The molecule has 0 aromatic carbocycles. The van der Waals surface area contributed by atoms with Gasteiger partial charge in [-0.25, -0.2) is 0 Å². The Morgan fingerprint density at radius 3 is 1.67 bits per heavy atom. The van der Waals surface area contributed by atoms with Crippen LogP contribution in [0.4, 0.5) is 0 Å². The molecule has 3 nitrogen and oxygen atoms in total. The van der Waals surface area contributed by atoms with E-state index in [1.54, 1.807) is 0 Å². The quantitative estimate of drug-likeness (QED) is 0.380. The van der Waals surface area contributed by atoms with E-state index in [1.165, 1.54) is 51.4 Å².